The van der Waals surface area contributed by atoms with Crippen molar-refractivity contribution in [3.63, 3.8) is 0 Å². The van der Waals surface area contributed by atoms with Crippen molar-refractivity contribution in [2.75, 3.05) is 7.05 Å². The summed E-state index contributed by atoms with van der Waals surface area (Å²) < 4.78 is 15.0. The summed E-state index contributed by atoms with van der Waals surface area (Å²) in [5.41, 5.74) is 1.03. The zero-order valence-corrected chi connectivity index (χ0v) is 9.33. The van der Waals surface area contributed by atoms with Crippen LogP contribution in [0, 0.1) is 6.92 Å². The van der Waals surface area contributed by atoms with E-state index in [9.17, 15) is 4.21 Å². The van der Waals surface area contributed by atoms with E-state index in [-0.39, 0.29) is 0 Å². The number of nitrogens with one attached hydrogen (secondary N) is 1. The third-order valence-electron chi connectivity index (χ3n) is 1.52. The lowest BCUT2D eigenvalue weighted by atomic mass is 10.2. The number of rotatable bonds is 2. The first kappa shape index (κ1) is 9.89. The Morgan fingerprint density at radius 1 is 1.50 bits per heavy atom. The second-order valence-corrected chi connectivity index (χ2v) is 4.68. The van der Waals surface area contributed by atoms with Gasteiger partial charge < -0.3 is 0 Å². The summed E-state index contributed by atoms with van der Waals surface area (Å²) in [7, 11) is 0.597. The Kier molecular flexibility index (Phi) is 3.43. The van der Waals surface area contributed by atoms with Crippen molar-refractivity contribution >= 4 is 26.9 Å². The summed E-state index contributed by atoms with van der Waals surface area (Å²) in [4.78, 5) is 0.834. The van der Waals surface area contributed by atoms with E-state index in [2.05, 4.69) is 20.7 Å². The third-order valence-corrected chi connectivity index (χ3v) is 3.24. The molecule has 1 aromatic rings. The van der Waals surface area contributed by atoms with Gasteiger partial charge in [0.2, 0.25) is 0 Å². The molecule has 1 N–H and O–H groups in total. The fraction of sp³-hybridized carbons (Fsp3) is 0.250. The highest BCUT2D eigenvalue weighted by Crippen LogP contribution is 2.17. The van der Waals surface area contributed by atoms with Crippen LogP contribution in [0.25, 0.3) is 0 Å². The summed E-state index contributed by atoms with van der Waals surface area (Å²) in [5, 5.41) is 0. The molecule has 2 nitrogen and oxygen atoms in total. The summed E-state index contributed by atoms with van der Waals surface area (Å²) in [6.07, 6.45) is 0. The van der Waals surface area contributed by atoms with Crippen LogP contribution in [0.4, 0.5) is 0 Å². The maximum absolute atomic E-state index is 11.3. The molecule has 0 aromatic heterocycles. The van der Waals surface area contributed by atoms with Gasteiger partial charge in [0, 0.05) is 4.47 Å². The van der Waals surface area contributed by atoms with E-state index in [1.165, 1.54) is 0 Å². The highest BCUT2D eigenvalue weighted by molar-refractivity contribution is 9.10. The van der Waals surface area contributed by atoms with Crippen LogP contribution in [0.15, 0.2) is 27.6 Å². The Hall–Kier alpha value is -0.190. The number of benzene rings is 1. The minimum Gasteiger partial charge on any atom is -0.238 e. The first-order valence-corrected chi connectivity index (χ1v) is 5.44. The fourth-order valence-electron chi connectivity index (χ4n) is 0.931. The SMILES string of the molecule is CNS(=O)c1ccc(Br)cc1C. The maximum Gasteiger partial charge on any atom is 0.124 e. The topological polar surface area (TPSA) is 29.1 Å². The summed E-state index contributed by atoms with van der Waals surface area (Å²) in [6.45, 7) is 1.94. The van der Waals surface area contributed by atoms with Crippen molar-refractivity contribution in [3.8, 4) is 0 Å². The molecule has 1 atom stereocenters. The predicted octanol–water partition coefficient (Wildman–Crippen LogP) is 2.00. The van der Waals surface area contributed by atoms with E-state index >= 15 is 0 Å². The van der Waals surface area contributed by atoms with E-state index in [1.807, 2.05) is 25.1 Å². The van der Waals surface area contributed by atoms with Crippen LogP contribution in [0.5, 0.6) is 0 Å². The van der Waals surface area contributed by atoms with Crippen LogP contribution in [0.1, 0.15) is 5.56 Å². The van der Waals surface area contributed by atoms with E-state index < -0.39 is 11.0 Å². The third kappa shape index (κ3) is 2.15. The number of hydrogen-bond acceptors (Lipinski definition) is 1. The molecular weight excluding hydrogens is 238 g/mol. The van der Waals surface area contributed by atoms with Crippen LogP contribution in [-0.4, -0.2) is 11.3 Å². The van der Waals surface area contributed by atoms with Gasteiger partial charge in [-0.2, -0.15) is 0 Å². The predicted molar refractivity (Wildman–Crippen MR) is 54.3 cm³/mol. The average Bonchev–Trinajstić information content (AvgIpc) is 2.03. The first-order valence-electron chi connectivity index (χ1n) is 3.50. The van der Waals surface area contributed by atoms with Crippen LogP contribution in [-0.2, 0) is 11.0 Å². The van der Waals surface area contributed by atoms with Gasteiger partial charge in [0.1, 0.15) is 11.0 Å². The minimum atomic E-state index is -1.08. The molecule has 12 heavy (non-hydrogen) atoms. The second kappa shape index (κ2) is 4.16. The molecule has 0 saturated heterocycles. The van der Waals surface area contributed by atoms with Crippen molar-refractivity contribution < 1.29 is 4.21 Å². The second-order valence-electron chi connectivity index (χ2n) is 2.38. The highest BCUT2D eigenvalue weighted by Gasteiger charge is 2.04. The monoisotopic (exact) mass is 247 g/mol. The van der Waals surface area contributed by atoms with Crippen LogP contribution in [0.2, 0.25) is 0 Å². The zero-order chi connectivity index (χ0) is 9.14. The van der Waals surface area contributed by atoms with Gasteiger partial charge in [-0.3, -0.25) is 0 Å². The summed E-state index contributed by atoms with van der Waals surface area (Å²) in [5.74, 6) is 0. The molecule has 1 unspecified atom stereocenters. The Balaban J connectivity index is 3.09. The van der Waals surface area contributed by atoms with Crippen molar-refractivity contribution in [2.24, 2.45) is 0 Å². The molecule has 0 aliphatic rings. The number of hydrogen-bond donors (Lipinski definition) is 1. The molecule has 0 amide bonds. The van der Waals surface area contributed by atoms with Crippen molar-refractivity contribution in [3.05, 3.63) is 28.2 Å². The number of aryl methyl sites for hydroxylation is 1. The van der Waals surface area contributed by atoms with Gasteiger partial charge in [-0.15, -0.1) is 0 Å². The zero-order valence-electron chi connectivity index (χ0n) is 6.93. The molecule has 0 heterocycles. The van der Waals surface area contributed by atoms with Gasteiger partial charge in [-0.1, -0.05) is 15.9 Å². The van der Waals surface area contributed by atoms with Gasteiger partial charge in [0.15, 0.2) is 0 Å². The van der Waals surface area contributed by atoms with Crippen LogP contribution in [0.3, 0.4) is 0 Å². The molecule has 0 spiro atoms. The van der Waals surface area contributed by atoms with E-state index in [1.54, 1.807) is 7.05 Å². The van der Waals surface area contributed by atoms with Gasteiger partial charge in [0.25, 0.3) is 0 Å². The molecule has 4 heteroatoms. The van der Waals surface area contributed by atoms with E-state index in [0.29, 0.717) is 0 Å². The fourth-order valence-corrected chi connectivity index (χ4v) is 2.17. The Morgan fingerprint density at radius 2 is 2.17 bits per heavy atom. The lowest BCUT2D eigenvalue weighted by Gasteiger charge is -2.03. The van der Waals surface area contributed by atoms with Crippen molar-refractivity contribution in [1.29, 1.82) is 0 Å². The van der Waals surface area contributed by atoms with Gasteiger partial charge in [-0.25, -0.2) is 8.93 Å². The molecule has 0 radical (unpaired) electrons. The Labute approximate surface area is 83.1 Å². The Bertz CT molecular complexity index is 314. The lowest BCUT2D eigenvalue weighted by molar-refractivity contribution is 0.677. The number of halogens is 1. The first-order chi connectivity index (χ1) is 5.65. The Morgan fingerprint density at radius 3 is 2.67 bits per heavy atom. The normalized spacial score (nSPS) is 12.9. The van der Waals surface area contributed by atoms with Crippen molar-refractivity contribution in [2.45, 2.75) is 11.8 Å². The van der Waals surface area contributed by atoms with Gasteiger partial charge in [-0.05, 0) is 37.7 Å². The quantitative estimate of drug-likeness (QED) is 0.852. The molecule has 0 saturated carbocycles. The van der Waals surface area contributed by atoms with Crippen LogP contribution >= 0.6 is 15.9 Å². The molecule has 66 valence electrons. The molecule has 0 aliphatic heterocycles. The van der Waals surface area contributed by atoms with Crippen LogP contribution < -0.4 is 4.72 Å². The van der Waals surface area contributed by atoms with Crippen molar-refractivity contribution in [1.82, 2.24) is 4.72 Å². The average molecular weight is 248 g/mol. The maximum atomic E-state index is 11.3. The molecule has 1 aromatic carbocycles. The van der Waals surface area contributed by atoms with E-state index in [0.717, 1.165) is 14.9 Å². The van der Waals surface area contributed by atoms with Gasteiger partial charge in [0.05, 0.1) is 4.90 Å². The highest BCUT2D eigenvalue weighted by atomic mass is 79.9. The largest absolute Gasteiger partial charge is 0.238 e. The molecule has 0 aliphatic carbocycles. The molecular formula is C8H10BrNOS. The lowest BCUT2D eigenvalue weighted by Crippen LogP contribution is -2.11. The minimum absolute atomic E-state index is 0.834. The van der Waals surface area contributed by atoms with Gasteiger partial charge >= 0.3 is 0 Å². The standard InChI is InChI=1S/C8H10BrNOS/c1-6-5-7(9)3-4-8(6)12(11)10-2/h3-5,10H,1-2H3. The summed E-state index contributed by atoms with van der Waals surface area (Å²) >= 11 is 3.35. The van der Waals surface area contributed by atoms with E-state index in [4.69, 9.17) is 0 Å². The molecule has 0 fully saturated rings. The summed E-state index contributed by atoms with van der Waals surface area (Å²) in [6, 6.07) is 5.69. The molecule has 1 rings (SSSR count). The molecule has 0 bridgehead atoms. The smallest absolute Gasteiger partial charge is 0.124 e.